The lowest BCUT2D eigenvalue weighted by atomic mass is 10.1. The van der Waals surface area contributed by atoms with Crippen LogP contribution in [0.2, 0.25) is 0 Å². The van der Waals surface area contributed by atoms with Gasteiger partial charge in [-0.3, -0.25) is 0 Å². The van der Waals surface area contributed by atoms with Crippen LogP contribution < -0.4 is 10.7 Å². The van der Waals surface area contributed by atoms with Crippen LogP contribution in [0.15, 0.2) is 24.3 Å². The molecule has 0 saturated carbocycles. The van der Waals surface area contributed by atoms with Gasteiger partial charge in [0.2, 0.25) is 0 Å². The maximum absolute atomic E-state index is 13.4. The van der Waals surface area contributed by atoms with Gasteiger partial charge >= 0.3 is 23.9 Å². The first-order valence-corrected chi connectivity index (χ1v) is 12.8. The van der Waals surface area contributed by atoms with E-state index >= 15 is 0 Å². The SMILES string of the molecule is CC(C)(C)OC(=O)C(C(=O)OC(C)(C)C)=c1[nH]c(=C(C(=O)OC(C)(C)C)C(=O)OC(C)(C)C)c2ccccc12. The maximum atomic E-state index is 13.4. The van der Waals surface area contributed by atoms with E-state index in [1.807, 2.05) is 0 Å². The molecular formula is C30H41NO8. The van der Waals surface area contributed by atoms with Gasteiger partial charge in [-0.25, -0.2) is 19.2 Å². The smallest absolute Gasteiger partial charge is 0.348 e. The van der Waals surface area contributed by atoms with Gasteiger partial charge in [-0.2, -0.15) is 0 Å². The number of carbonyl (C=O) groups is 4. The molecule has 0 saturated heterocycles. The molecule has 39 heavy (non-hydrogen) atoms. The fourth-order valence-electron chi connectivity index (χ4n) is 3.46. The quantitative estimate of drug-likeness (QED) is 0.351. The van der Waals surface area contributed by atoms with Crippen LogP contribution in [0, 0.1) is 0 Å². The Morgan fingerprint density at radius 1 is 0.487 bits per heavy atom. The summed E-state index contributed by atoms with van der Waals surface area (Å²) in [5.41, 5.74) is -4.48. The molecular weight excluding hydrogens is 502 g/mol. The van der Waals surface area contributed by atoms with Crippen LogP contribution >= 0.6 is 0 Å². The van der Waals surface area contributed by atoms with Crippen molar-refractivity contribution in [1.82, 2.24) is 4.98 Å². The summed E-state index contributed by atoms with van der Waals surface area (Å²) in [7, 11) is 0. The van der Waals surface area contributed by atoms with Gasteiger partial charge in [0, 0.05) is 10.8 Å². The second-order valence-corrected chi connectivity index (χ2v) is 13.2. The summed E-state index contributed by atoms with van der Waals surface area (Å²) in [6.07, 6.45) is 0. The second kappa shape index (κ2) is 10.9. The fraction of sp³-hybridized carbons (Fsp3) is 0.533. The molecule has 1 N–H and O–H groups in total. The van der Waals surface area contributed by atoms with E-state index in [4.69, 9.17) is 18.9 Å². The Kier molecular flexibility index (Phi) is 8.80. The molecule has 0 bridgehead atoms. The van der Waals surface area contributed by atoms with Crippen molar-refractivity contribution in [3.05, 3.63) is 35.0 Å². The molecule has 0 amide bonds. The highest BCUT2D eigenvalue weighted by Crippen LogP contribution is 2.19. The number of aromatic nitrogens is 1. The van der Waals surface area contributed by atoms with Gasteiger partial charge in [-0.05, 0) is 83.1 Å². The summed E-state index contributed by atoms with van der Waals surface area (Å²) in [6, 6.07) is 6.71. The lowest BCUT2D eigenvalue weighted by Gasteiger charge is -2.23. The summed E-state index contributed by atoms with van der Waals surface area (Å²) in [5.74, 6) is -3.70. The zero-order valence-corrected chi connectivity index (χ0v) is 25.1. The minimum Gasteiger partial charge on any atom is -0.456 e. The van der Waals surface area contributed by atoms with Crippen LogP contribution in [-0.4, -0.2) is 51.3 Å². The molecule has 0 radical (unpaired) electrons. The minimum atomic E-state index is -0.925. The van der Waals surface area contributed by atoms with Crippen molar-refractivity contribution in [3.8, 4) is 0 Å². The van der Waals surface area contributed by atoms with Crippen molar-refractivity contribution >= 4 is 45.8 Å². The highest BCUT2D eigenvalue weighted by molar-refractivity contribution is 6.38. The van der Waals surface area contributed by atoms with E-state index in [-0.39, 0.29) is 10.7 Å². The van der Waals surface area contributed by atoms with E-state index < -0.39 is 57.4 Å². The first kappa shape index (κ1) is 31.6. The summed E-state index contributed by atoms with van der Waals surface area (Å²) < 4.78 is 22.2. The van der Waals surface area contributed by atoms with E-state index in [0.717, 1.165) is 0 Å². The number of H-pyrrole nitrogens is 1. The van der Waals surface area contributed by atoms with Crippen molar-refractivity contribution in [2.45, 2.75) is 105 Å². The van der Waals surface area contributed by atoms with Gasteiger partial charge in [0.25, 0.3) is 0 Å². The zero-order chi connectivity index (χ0) is 30.1. The lowest BCUT2D eigenvalue weighted by Crippen LogP contribution is -2.36. The summed E-state index contributed by atoms with van der Waals surface area (Å²) in [6.45, 7) is 20.1. The monoisotopic (exact) mass is 543 g/mol. The predicted octanol–water partition coefficient (Wildman–Crippen LogP) is 3.84. The normalized spacial score (nSPS) is 12.5. The van der Waals surface area contributed by atoms with E-state index in [9.17, 15) is 19.2 Å². The Bertz CT molecular complexity index is 1230. The van der Waals surface area contributed by atoms with Crippen LogP contribution in [0.5, 0.6) is 0 Å². The number of benzene rings is 1. The number of nitrogens with one attached hydrogen (secondary N) is 1. The predicted molar refractivity (Wildman–Crippen MR) is 148 cm³/mol. The van der Waals surface area contributed by atoms with Crippen molar-refractivity contribution < 1.29 is 38.1 Å². The molecule has 0 atom stereocenters. The topological polar surface area (TPSA) is 121 Å². The standard InChI is InChI=1S/C30H41NO8/c1-27(2,3)36-23(32)19(24(33)37-28(4,5)6)21-17-15-13-14-16-18(17)22(31-21)20(25(34)38-29(7,8)9)26(35)39-30(10,11)12/h13-16,31H,1-12H3. The Morgan fingerprint density at radius 3 is 0.923 bits per heavy atom. The maximum Gasteiger partial charge on any atom is 0.348 e. The molecule has 1 heterocycles. The number of carbonyl (C=O) groups excluding carboxylic acids is 4. The fourth-order valence-corrected chi connectivity index (χ4v) is 3.46. The molecule has 0 unspecified atom stereocenters. The third-order valence-corrected chi connectivity index (χ3v) is 4.63. The highest BCUT2D eigenvalue weighted by atomic mass is 16.6. The molecule has 9 nitrogen and oxygen atoms in total. The first-order valence-electron chi connectivity index (χ1n) is 12.8. The Labute approximate surface area is 229 Å². The van der Waals surface area contributed by atoms with Crippen LogP contribution in [0.1, 0.15) is 83.1 Å². The van der Waals surface area contributed by atoms with Crippen LogP contribution in [0.3, 0.4) is 0 Å². The van der Waals surface area contributed by atoms with Gasteiger partial charge in [-0.1, -0.05) is 24.3 Å². The van der Waals surface area contributed by atoms with Crippen LogP contribution in [0.25, 0.3) is 21.9 Å². The summed E-state index contributed by atoms with van der Waals surface area (Å²) >= 11 is 0. The highest BCUT2D eigenvalue weighted by Gasteiger charge is 2.34. The van der Waals surface area contributed by atoms with Crippen LogP contribution in [0.4, 0.5) is 0 Å². The van der Waals surface area contributed by atoms with Gasteiger partial charge in [-0.15, -0.1) is 0 Å². The molecule has 1 aromatic carbocycles. The average Bonchev–Trinajstić information content (AvgIpc) is 3.01. The number of aromatic amines is 1. The molecule has 9 heteroatoms. The Hall–Kier alpha value is -3.62. The molecule has 214 valence electrons. The summed E-state index contributed by atoms with van der Waals surface area (Å²) in [4.78, 5) is 56.5. The average molecular weight is 544 g/mol. The van der Waals surface area contributed by atoms with E-state index in [1.165, 1.54) is 0 Å². The van der Waals surface area contributed by atoms with Crippen molar-refractivity contribution in [3.63, 3.8) is 0 Å². The van der Waals surface area contributed by atoms with E-state index in [2.05, 4.69) is 4.98 Å². The Morgan fingerprint density at radius 2 is 0.718 bits per heavy atom. The third kappa shape index (κ3) is 8.97. The molecule has 1 aromatic heterocycles. The van der Waals surface area contributed by atoms with E-state index in [0.29, 0.717) is 10.8 Å². The van der Waals surface area contributed by atoms with Gasteiger partial charge in [0.05, 0.1) is 10.7 Å². The number of hydrogen-bond acceptors (Lipinski definition) is 8. The number of fused-ring (bicyclic) bond motifs is 1. The van der Waals surface area contributed by atoms with E-state index in [1.54, 1.807) is 107 Å². The number of esters is 4. The van der Waals surface area contributed by atoms with Crippen molar-refractivity contribution in [2.24, 2.45) is 0 Å². The Balaban J connectivity index is 3.13. The van der Waals surface area contributed by atoms with Gasteiger partial charge < -0.3 is 23.9 Å². The molecule has 0 aliphatic rings. The number of hydrogen-bond donors (Lipinski definition) is 1. The van der Waals surface area contributed by atoms with Crippen LogP contribution in [-0.2, 0) is 38.1 Å². The molecule has 2 aromatic rings. The molecule has 0 fully saturated rings. The number of ether oxygens (including phenoxy) is 4. The molecule has 0 aliphatic heterocycles. The molecule has 0 aliphatic carbocycles. The largest absolute Gasteiger partial charge is 0.456 e. The first-order chi connectivity index (χ1) is 17.5. The third-order valence-electron chi connectivity index (χ3n) is 4.63. The van der Waals surface area contributed by atoms with Gasteiger partial charge in [0.1, 0.15) is 22.4 Å². The molecule has 0 spiro atoms. The zero-order valence-electron chi connectivity index (χ0n) is 25.1. The molecule has 2 rings (SSSR count). The lowest BCUT2D eigenvalue weighted by molar-refractivity contribution is -0.156. The van der Waals surface area contributed by atoms with Crippen molar-refractivity contribution in [2.75, 3.05) is 0 Å². The minimum absolute atomic E-state index is 0.0358. The van der Waals surface area contributed by atoms with Crippen molar-refractivity contribution in [1.29, 1.82) is 0 Å². The van der Waals surface area contributed by atoms with Gasteiger partial charge in [0.15, 0.2) is 11.1 Å². The summed E-state index contributed by atoms with van der Waals surface area (Å²) in [5, 5.41) is 0.857. The second-order valence-electron chi connectivity index (χ2n) is 13.2. The number of rotatable bonds is 4.